The lowest BCUT2D eigenvalue weighted by Gasteiger charge is -2.20. The summed E-state index contributed by atoms with van der Waals surface area (Å²) >= 11 is 0. The van der Waals surface area contributed by atoms with Crippen molar-refractivity contribution in [2.75, 3.05) is 6.61 Å². The van der Waals surface area contributed by atoms with Crippen LogP contribution in [-0.2, 0) is 9.47 Å². The molecule has 0 radical (unpaired) electrons. The molecule has 2 rings (SSSR count). The normalized spacial score (nSPS) is 23.8. The Labute approximate surface area is 108 Å². The molecule has 98 valence electrons. The Morgan fingerprint density at radius 3 is 2.61 bits per heavy atom. The van der Waals surface area contributed by atoms with Gasteiger partial charge in [-0.3, -0.25) is 4.79 Å². The van der Waals surface area contributed by atoms with Crippen molar-refractivity contribution in [3.63, 3.8) is 0 Å². The molecule has 0 spiro atoms. The molecule has 1 aliphatic rings. The standard InChI is InChI=1S/C15H20O3/c1-11(14-10-17-15(2,3)18-14)9-13(16)12-7-5-4-6-8-12/h4-8,11,14H,9-10H2,1-3H3. The zero-order chi connectivity index (χ0) is 13.2. The Bertz CT molecular complexity index is 411. The van der Waals surface area contributed by atoms with Crippen LogP contribution < -0.4 is 0 Å². The van der Waals surface area contributed by atoms with Crippen LogP contribution in [0.15, 0.2) is 30.3 Å². The molecule has 0 amide bonds. The zero-order valence-electron chi connectivity index (χ0n) is 11.2. The van der Waals surface area contributed by atoms with Crippen molar-refractivity contribution in [1.82, 2.24) is 0 Å². The van der Waals surface area contributed by atoms with Gasteiger partial charge in [-0.2, -0.15) is 0 Å². The molecule has 3 heteroatoms. The lowest BCUT2D eigenvalue weighted by Crippen LogP contribution is -2.26. The highest BCUT2D eigenvalue weighted by Crippen LogP contribution is 2.28. The van der Waals surface area contributed by atoms with Gasteiger partial charge >= 0.3 is 0 Å². The quantitative estimate of drug-likeness (QED) is 0.768. The van der Waals surface area contributed by atoms with Crippen molar-refractivity contribution in [2.24, 2.45) is 5.92 Å². The van der Waals surface area contributed by atoms with Crippen molar-refractivity contribution in [1.29, 1.82) is 0 Å². The number of ether oxygens (including phenoxy) is 2. The largest absolute Gasteiger partial charge is 0.348 e. The van der Waals surface area contributed by atoms with Gasteiger partial charge in [-0.05, 0) is 19.8 Å². The van der Waals surface area contributed by atoms with Crippen LogP contribution in [0.25, 0.3) is 0 Å². The first-order valence-electron chi connectivity index (χ1n) is 6.38. The Morgan fingerprint density at radius 1 is 1.39 bits per heavy atom. The lowest BCUT2D eigenvalue weighted by molar-refractivity contribution is -0.143. The number of hydrogen-bond donors (Lipinski definition) is 0. The van der Waals surface area contributed by atoms with E-state index in [-0.39, 0.29) is 17.8 Å². The van der Waals surface area contributed by atoms with E-state index in [1.807, 2.05) is 51.1 Å². The molecule has 0 saturated carbocycles. The topological polar surface area (TPSA) is 35.5 Å². The summed E-state index contributed by atoms with van der Waals surface area (Å²) in [7, 11) is 0. The first kappa shape index (κ1) is 13.2. The minimum Gasteiger partial charge on any atom is -0.348 e. The van der Waals surface area contributed by atoms with Crippen LogP contribution >= 0.6 is 0 Å². The van der Waals surface area contributed by atoms with E-state index in [9.17, 15) is 4.79 Å². The Kier molecular flexibility index (Phi) is 3.83. The predicted octanol–water partition coefficient (Wildman–Crippen LogP) is 3.05. The second kappa shape index (κ2) is 5.21. The van der Waals surface area contributed by atoms with Crippen molar-refractivity contribution in [3.8, 4) is 0 Å². The van der Waals surface area contributed by atoms with Crippen LogP contribution in [0.1, 0.15) is 37.6 Å². The summed E-state index contributed by atoms with van der Waals surface area (Å²) in [6, 6.07) is 9.39. The summed E-state index contributed by atoms with van der Waals surface area (Å²) < 4.78 is 11.3. The zero-order valence-corrected chi connectivity index (χ0v) is 11.2. The second-order valence-electron chi connectivity index (χ2n) is 5.34. The highest BCUT2D eigenvalue weighted by atomic mass is 16.7. The molecule has 1 heterocycles. The molecule has 0 bridgehead atoms. The third-order valence-corrected chi connectivity index (χ3v) is 3.27. The first-order valence-corrected chi connectivity index (χ1v) is 6.38. The minimum atomic E-state index is -0.519. The molecule has 1 aromatic carbocycles. The van der Waals surface area contributed by atoms with Gasteiger partial charge in [0.1, 0.15) is 0 Å². The van der Waals surface area contributed by atoms with Crippen LogP contribution in [0.3, 0.4) is 0 Å². The summed E-state index contributed by atoms with van der Waals surface area (Å²) in [6.07, 6.45) is 0.501. The summed E-state index contributed by atoms with van der Waals surface area (Å²) in [5.74, 6) is -0.190. The third kappa shape index (κ3) is 3.18. The van der Waals surface area contributed by atoms with E-state index in [4.69, 9.17) is 9.47 Å². The molecular weight excluding hydrogens is 228 g/mol. The van der Waals surface area contributed by atoms with E-state index >= 15 is 0 Å². The highest BCUT2D eigenvalue weighted by Gasteiger charge is 2.36. The molecule has 0 N–H and O–H groups in total. The molecule has 1 aromatic rings. The van der Waals surface area contributed by atoms with Gasteiger partial charge < -0.3 is 9.47 Å². The number of ketones is 1. The van der Waals surface area contributed by atoms with E-state index in [1.54, 1.807) is 0 Å². The number of hydrogen-bond acceptors (Lipinski definition) is 3. The predicted molar refractivity (Wildman–Crippen MR) is 69.5 cm³/mol. The van der Waals surface area contributed by atoms with E-state index in [2.05, 4.69) is 0 Å². The molecule has 1 fully saturated rings. The molecule has 0 aromatic heterocycles. The summed E-state index contributed by atoms with van der Waals surface area (Å²) in [5, 5.41) is 0. The molecule has 2 unspecified atom stereocenters. The van der Waals surface area contributed by atoms with Crippen LogP contribution in [0, 0.1) is 5.92 Å². The van der Waals surface area contributed by atoms with Crippen molar-refractivity contribution >= 4 is 5.78 Å². The molecule has 1 aliphatic heterocycles. The van der Waals surface area contributed by atoms with Gasteiger partial charge in [-0.1, -0.05) is 37.3 Å². The fourth-order valence-electron chi connectivity index (χ4n) is 2.16. The first-order chi connectivity index (χ1) is 8.48. The van der Waals surface area contributed by atoms with Gasteiger partial charge in [-0.25, -0.2) is 0 Å². The van der Waals surface area contributed by atoms with E-state index in [0.29, 0.717) is 13.0 Å². The van der Waals surface area contributed by atoms with Crippen LogP contribution in [0.4, 0.5) is 0 Å². The second-order valence-corrected chi connectivity index (χ2v) is 5.34. The smallest absolute Gasteiger partial charge is 0.163 e. The van der Waals surface area contributed by atoms with E-state index in [0.717, 1.165) is 5.56 Å². The van der Waals surface area contributed by atoms with Gasteiger partial charge in [0.05, 0.1) is 12.7 Å². The lowest BCUT2D eigenvalue weighted by atomic mass is 9.95. The maximum absolute atomic E-state index is 12.1. The van der Waals surface area contributed by atoms with Gasteiger partial charge in [0, 0.05) is 12.0 Å². The monoisotopic (exact) mass is 248 g/mol. The fourth-order valence-corrected chi connectivity index (χ4v) is 2.16. The Balaban J connectivity index is 1.92. The number of rotatable bonds is 4. The van der Waals surface area contributed by atoms with Crippen LogP contribution in [0.2, 0.25) is 0 Å². The average Bonchev–Trinajstić information content (AvgIpc) is 2.71. The van der Waals surface area contributed by atoms with Crippen LogP contribution in [-0.4, -0.2) is 24.3 Å². The van der Waals surface area contributed by atoms with Crippen molar-refractivity contribution in [2.45, 2.75) is 39.1 Å². The molecule has 2 atom stereocenters. The molecule has 0 aliphatic carbocycles. The Hall–Kier alpha value is -1.19. The van der Waals surface area contributed by atoms with Crippen molar-refractivity contribution in [3.05, 3.63) is 35.9 Å². The SMILES string of the molecule is CC(CC(=O)c1ccccc1)C1COC(C)(C)O1. The number of carbonyl (C=O) groups excluding carboxylic acids is 1. The fraction of sp³-hybridized carbons (Fsp3) is 0.533. The van der Waals surface area contributed by atoms with Gasteiger partial charge in [0.15, 0.2) is 11.6 Å². The molecule has 3 nitrogen and oxygen atoms in total. The minimum absolute atomic E-state index is 0.00709. The third-order valence-electron chi connectivity index (χ3n) is 3.27. The Morgan fingerprint density at radius 2 is 2.06 bits per heavy atom. The number of Topliss-reactive ketones (excluding diaryl/α,β-unsaturated/α-hetero) is 1. The van der Waals surface area contributed by atoms with Crippen molar-refractivity contribution < 1.29 is 14.3 Å². The highest BCUT2D eigenvalue weighted by molar-refractivity contribution is 5.96. The molecular formula is C15H20O3. The molecule has 18 heavy (non-hydrogen) atoms. The molecule has 1 saturated heterocycles. The summed E-state index contributed by atoms with van der Waals surface area (Å²) in [4.78, 5) is 12.1. The van der Waals surface area contributed by atoms with Gasteiger partial charge in [0.2, 0.25) is 0 Å². The maximum Gasteiger partial charge on any atom is 0.163 e. The van der Waals surface area contributed by atoms with E-state index in [1.165, 1.54) is 0 Å². The summed E-state index contributed by atoms with van der Waals surface area (Å²) in [5.41, 5.74) is 0.766. The summed E-state index contributed by atoms with van der Waals surface area (Å²) in [6.45, 7) is 6.41. The maximum atomic E-state index is 12.1. The van der Waals surface area contributed by atoms with Gasteiger partial charge in [0.25, 0.3) is 0 Å². The van der Waals surface area contributed by atoms with Crippen LogP contribution in [0.5, 0.6) is 0 Å². The average molecular weight is 248 g/mol. The van der Waals surface area contributed by atoms with Gasteiger partial charge in [-0.15, -0.1) is 0 Å². The van der Waals surface area contributed by atoms with E-state index < -0.39 is 5.79 Å². The number of benzene rings is 1. The number of carbonyl (C=O) groups is 1.